The molecule has 1 atom stereocenters. The largest absolute Gasteiger partial charge is 0.461 e. The maximum Gasteiger partial charge on any atom is 0.365 e. The van der Waals surface area contributed by atoms with Crippen LogP contribution < -0.4 is 5.73 Å². The Bertz CT molecular complexity index is 365. The zero-order valence-corrected chi connectivity index (χ0v) is 12.6. The first-order valence-corrected chi connectivity index (χ1v) is 7.77. The lowest BCUT2D eigenvalue weighted by atomic mass is 10.1. The highest BCUT2D eigenvalue weighted by Gasteiger charge is 2.18. The molecule has 0 heterocycles. The number of rotatable bonds is 10. The summed E-state index contributed by atoms with van der Waals surface area (Å²) >= 11 is 0. The van der Waals surface area contributed by atoms with Gasteiger partial charge in [0.25, 0.3) is 0 Å². The second kappa shape index (κ2) is 10.4. The van der Waals surface area contributed by atoms with E-state index in [9.17, 15) is 4.79 Å². The van der Waals surface area contributed by atoms with E-state index in [0.29, 0.717) is 13.0 Å². The molecule has 0 aliphatic rings. The van der Waals surface area contributed by atoms with E-state index in [4.69, 9.17) is 4.74 Å². The summed E-state index contributed by atoms with van der Waals surface area (Å²) in [5.74, 6) is -0.178. The van der Waals surface area contributed by atoms with Crippen molar-refractivity contribution in [2.24, 2.45) is 0 Å². The van der Waals surface area contributed by atoms with Gasteiger partial charge in [0.2, 0.25) is 0 Å². The molecule has 0 aliphatic carbocycles. The second-order valence-corrected chi connectivity index (χ2v) is 5.32. The van der Waals surface area contributed by atoms with Crippen LogP contribution in [-0.4, -0.2) is 18.6 Å². The van der Waals surface area contributed by atoms with Crippen molar-refractivity contribution in [2.75, 3.05) is 6.61 Å². The van der Waals surface area contributed by atoms with Crippen molar-refractivity contribution in [3.63, 3.8) is 0 Å². The second-order valence-electron chi connectivity index (χ2n) is 5.32. The van der Waals surface area contributed by atoms with Gasteiger partial charge < -0.3 is 10.5 Å². The number of carbonyl (C=O) groups excluding carboxylic acids is 1. The van der Waals surface area contributed by atoms with E-state index >= 15 is 0 Å². The summed E-state index contributed by atoms with van der Waals surface area (Å²) in [4.78, 5) is 11.8. The van der Waals surface area contributed by atoms with E-state index in [2.05, 4.69) is 12.7 Å². The summed E-state index contributed by atoms with van der Waals surface area (Å²) in [5, 5.41) is 0. The van der Waals surface area contributed by atoms with Crippen LogP contribution in [0.15, 0.2) is 30.3 Å². The number of benzene rings is 1. The van der Waals surface area contributed by atoms with E-state index in [0.717, 1.165) is 18.4 Å². The van der Waals surface area contributed by atoms with Crippen LogP contribution in [0.1, 0.15) is 51.0 Å². The molecular weight excluding hydrogens is 250 g/mol. The van der Waals surface area contributed by atoms with Gasteiger partial charge in [0.05, 0.1) is 6.61 Å². The fraction of sp³-hybridized carbons (Fsp3) is 0.588. The highest BCUT2D eigenvalue weighted by atomic mass is 16.5. The number of esters is 1. The molecular formula is C17H28NO2+. The normalized spacial score (nSPS) is 12.1. The Kier molecular flexibility index (Phi) is 8.72. The van der Waals surface area contributed by atoms with E-state index in [1.807, 2.05) is 30.3 Å². The maximum absolute atomic E-state index is 11.8. The lowest BCUT2D eigenvalue weighted by Crippen LogP contribution is -2.66. The van der Waals surface area contributed by atoms with E-state index < -0.39 is 0 Å². The third-order valence-corrected chi connectivity index (χ3v) is 3.40. The molecule has 20 heavy (non-hydrogen) atoms. The van der Waals surface area contributed by atoms with Crippen molar-refractivity contribution in [3.05, 3.63) is 35.9 Å². The molecule has 0 aromatic heterocycles. The summed E-state index contributed by atoms with van der Waals surface area (Å²) in [6.07, 6.45) is 7.85. The Morgan fingerprint density at radius 2 is 1.75 bits per heavy atom. The van der Waals surface area contributed by atoms with Crippen LogP contribution in [0.5, 0.6) is 0 Å². The number of ether oxygens (including phenoxy) is 1. The molecule has 1 rings (SSSR count). The molecule has 0 fully saturated rings. The molecule has 1 aromatic rings. The molecule has 1 aromatic carbocycles. The minimum atomic E-state index is -0.308. The molecule has 0 spiro atoms. The molecule has 3 heteroatoms. The smallest absolute Gasteiger partial charge is 0.365 e. The van der Waals surface area contributed by atoms with Gasteiger partial charge in [0, 0.05) is 6.42 Å². The predicted octanol–water partition coefficient (Wildman–Crippen LogP) is 2.74. The van der Waals surface area contributed by atoms with Crippen LogP contribution in [-0.2, 0) is 16.0 Å². The fourth-order valence-electron chi connectivity index (χ4n) is 2.15. The average molecular weight is 278 g/mol. The average Bonchev–Trinajstić information content (AvgIpc) is 2.47. The van der Waals surface area contributed by atoms with E-state index in [1.165, 1.54) is 25.7 Å². The summed E-state index contributed by atoms with van der Waals surface area (Å²) in [7, 11) is 0. The molecule has 3 nitrogen and oxygen atoms in total. The minimum absolute atomic E-state index is 0.178. The first kappa shape index (κ1) is 16.7. The number of hydrogen-bond donors (Lipinski definition) is 1. The molecule has 0 bridgehead atoms. The third-order valence-electron chi connectivity index (χ3n) is 3.40. The Labute approximate surface area is 122 Å². The van der Waals surface area contributed by atoms with Gasteiger partial charge in [0.1, 0.15) is 0 Å². The van der Waals surface area contributed by atoms with Gasteiger partial charge in [-0.05, 0) is 12.0 Å². The van der Waals surface area contributed by atoms with Crippen LogP contribution in [0.4, 0.5) is 0 Å². The molecule has 0 amide bonds. The van der Waals surface area contributed by atoms with Crippen LogP contribution in [0.2, 0.25) is 0 Å². The number of hydrogen-bond acceptors (Lipinski definition) is 2. The highest BCUT2D eigenvalue weighted by Crippen LogP contribution is 2.06. The molecule has 0 radical (unpaired) electrons. The van der Waals surface area contributed by atoms with Gasteiger partial charge in [-0.25, -0.2) is 4.79 Å². The van der Waals surface area contributed by atoms with E-state index in [1.54, 1.807) is 0 Å². The molecule has 0 saturated carbocycles. The number of carbonyl (C=O) groups is 1. The zero-order valence-electron chi connectivity index (χ0n) is 12.6. The van der Waals surface area contributed by atoms with Gasteiger partial charge in [-0.15, -0.1) is 0 Å². The van der Waals surface area contributed by atoms with Gasteiger partial charge in [-0.2, -0.15) is 0 Å². The number of quaternary nitrogens is 1. The lowest BCUT2D eigenvalue weighted by molar-refractivity contribution is -0.407. The molecule has 0 unspecified atom stereocenters. The first-order chi connectivity index (χ1) is 9.74. The van der Waals surface area contributed by atoms with E-state index in [-0.39, 0.29) is 12.0 Å². The minimum Gasteiger partial charge on any atom is -0.461 e. The fourth-order valence-corrected chi connectivity index (χ4v) is 2.15. The topological polar surface area (TPSA) is 53.9 Å². The van der Waals surface area contributed by atoms with Crippen LogP contribution >= 0.6 is 0 Å². The van der Waals surface area contributed by atoms with Crippen LogP contribution in [0, 0.1) is 0 Å². The van der Waals surface area contributed by atoms with Crippen molar-refractivity contribution >= 4 is 5.97 Å². The Morgan fingerprint density at radius 1 is 1.10 bits per heavy atom. The summed E-state index contributed by atoms with van der Waals surface area (Å²) in [6, 6.07) is 9.64. The molecule has 3 N–H and O–H groups in total. The maximum atomic E-state index is 11.8. The van der Waals surface area contributed by atoms with Gasteiger partial charge >= 0.3 is 5.97 Å². The Balaban J connectivity index is 2.10. The van der Waals surface area contributed by atoms with Crippen LogP contribution in [0.25, 0.3) is 0 Å². The standard InChI is InChI=1S/C17H27NO2/c1-2-3-4-5-6-10-13-20-17(19)16(18)14-15-11-8-7-9-12-15/h7-9,11-12,16H,2-6,10,13-14,18H2,1H3/p+1/t16-/m0/s1. The zero-order chi connectivity index (χ0) is 14.6. The van der Waals surface area contributed by atoms with Crippen molar-refractivity contribution in [2.45, 2.75) is 57.9 Å². The predicted molar refractivity (Wildman–Crippen MR) is 81.2 cm³/mol. The van der Waals surface area contributed by atoms with Crippen molar-refractivity contribution in [3.8, 4) is 0 Å². The lowest BCUT2D eigenvalue weighted by Gasteiger charge is -2.09. The first-order valence-electron chi connectivity index (χ1n) is 7.77. The quantitative estimate of drug-likeness (QED) is 0.528. The summed E-state index contributed by atoms with van der Waals surface area (Å²) < 4.78 is 5.28. The highest BCUT2D eigenvalue weighted by molar-refractivity contribution is 5.74. The Hall–Kier alpha value is -1.35. The van der Waals surface area contributed by atoms with Gasteiger partial charge in [-0.1, -0.05) is 69.4 Å². The summed E-state index contributed by atoms with van der Waals surface area (Å²) in [5.41, 5.74) is 5.03. The molecule has 0 aliphatic heterocycles. The summed E-state index contributed by atoms with van der Waals surface area (Å²) in [6.45, 7) is 2.74. The number of unbranched alkanes of at least 4 members (excludes halogenated alkanes) is 5. The molecule has 112 valence electrons. The van der Waals surface area contributed by atoms with Crippen molar-refractivity contribution < 1.29 is 15.3 Å². The molecule has 0 saturated heterocycles. The van der Waals surface area contributed by atoms with Crippen molar-refractivity contribution in [1.29, 1.82) is 0 Å². The Morgan fingerprint density at radius 3 is 2.45 bits per heavy atom. The van der Waals surface area contributed by atoms with Crippen LogP contribution in [0.3, 0.4) is 0 Å². The van der Waals surface area contributed by atoms with Gasteiger partial charge in [-0.3, -0.25) is 0 Å². The SMILES string of the molecule is CCCCCCCCOC(=O)[C@@H]([NH3+])Cc1ccccc1. The van der Waals surface area contributed by atoms with Crippen molar-refractivity contribution in [1.82, 2.24) is 0 Å². The van der Waals surface area contributed by atoms with Gasteiger partial charge in [0.15, 0.2) is 6.04 Å². The monoisotopic (exact) mass is 278 g/mol. The third kappa shape index (κ3) is 7.29.